The summed E-state index contributed by atoms with van der Waals surface area (Å²) in [5.74, 6) is -0.0457. The average Bonchev–Trinajstić information content (AvgIpc) is 2.79. The molecule has 0 saturated heterocycles. The van der Waals surface area contributed by atoms with E-state index in [4.69, 9.17) is 4.74 Å². The smallest absolute Gasteiger partial charge is 0.373 e. The molecule has 2 atom stereocenters. The molecule has 0 radical (unpaired) electrons. The number of hydrogen-bond acceptors (Lipinski definition) is 1. The van der Waals surface area contributed by atoms with Crippen LogP contribution in [0.25, 0.3) is 0 Å². The van der Waals surface area contributed by atoms with Gasteiger partial charge in [0.1, 0.15) is 0 Å². The van der Waals surface area contributed by atoms with Crippen molar-refractivity contribution in [3.8, 4) is 0 Å². The van der Waals surface area contributed by atoms with Gasteiger partial charge in [0, 0.05) is 5.92 Å². The molecule has 0 amide bonds. The molecule has 0 aliphatic heterocycles. The summed E-state index contributed by atoms with van der Waals surface area (Å²) in [5.41, 5.74) is -1.79. The van der Waals surface area contributed by atoms with Crippen LogP contribution in [-0.2, 0) is 23.7 Å². The number of alkyl halides is 6. The van der Waals surface area contributed by atoms with E-state index >= 15 is 0 Å². The van der Waals surface area contributed by atoms with E-state index < -0.39 is 23.5 Å². The fraction of sp³-hybridized carbons (Fsp3) is 0.556. The van der Waals surface area contributed by atoms with E-state index in [0.29, 0.717) is 6.42 Å². The predicted octanol–water partition coefficient (Wildman–Crippen LogP) is 9.80. The summed E-state index contributed by atoms with van der Waals surface area (Å²) in [4.78, 5) is 0. The van der Waals surface area contributed by atoms with Gasteiger partial charge in [-0.2, -0.15) is 26.3 Å². The van der Waals surface area contributed by atoms with Gasteiger partial charge in [-0.3, -0.25) is 0 Å². The zero-order chi connectivity index (χ0) is 25.8. The monoisotopic (exact) mass is 490 g/mol. The lowest BCUT2D eigenvalue weighted by molar-refractivity contribution is -0.143. The molecule has 0 N–H and O–H groups in total. The second-order valence-corrected chi connectivity index (χ2v) is 8.46. The van der Waals surface area contributed by atoms with E-state index in [2.05, 4.69) is 13.8 Å². The summed E-state index contributed by atoms with van der Waals surface area (Å²) < 4.78 is 84.1. The first kappa shape index (κ1) is 30.0. The molecule has 0 spiro atoms. The molecule has 0 fully saturated rings. The molecule has 0 saturated carbocycles. The molecule has 0 heterocycles. The summed E-state index contributed by atoms with van der Waals surface area (Å²) >= 11 is 0. The van der Waals surface area contributed by atoms with Crippen LogP contribution in [0.3, 0.4) is 0 Å². The number of hydrogen-bond donors (Lipinski definition) is 0. The Morgan fingerprint density at radius 1 is 0.735 bits per heavy atom. The fourth-order valence-electron chi connectivity index (χ4n) is 3.51. The minimum atomic E-state index is -4.87. The number of halogens is 6. The minimum Gasteiger partial charge on any atom is -0.373 e. The highest BCUT2D eigenvalue weighted by Crippen LogP contribution is 2.37. The van der Waals surface area contributed by atoms with Gasteiger partial charge in [0.15, 0.2) is 0 Å². The topological polar surface area (TPSA) is 9.23 Å². The average molecular weight is 491 g/mol. The zero-order valence-corrected chi connectivity index (χ0v) is 20.4. The Balaban J connectivity index is 0.00000104. The third-order valence-corrected chi connectivity index (χ3v) is 5.54. The Hall–Kier alpha value is -2.02. The molecule has 0 aromatic heterocycles. The first-order valence-corrected chi connectivity index (χ1v) is 11.9. The van der Waals surface area contributed by atoms with Crippen LogP contribution < -0.4 is 0 Å². The highest BCUT2D eigenvalue weighted by atomic mass is 19.4. The molecule has 192 valence electrons. The molecular weight excluding hydrogens is 454 g/mol. The van der Waals surface area contributed by atoms with Crippen molar-refractivity contribution < 1.29 is 31.1 Å². The van der Waals surface area contributed by atoms with E-state index in [1.165, 1.54) is 19.3 Å². The van der Waals surface area contributed by atoms with Crippen LogP contribution in [-0.4, -0.2) is 6.10 Å². The molecule has 0 aliphatic carbocycles. The van der Waals surface area contributed by atoms with Crippen molar-refractivity contribution in [2.45, 2.75) is 97.2 Å². The number of ether oxygens (including phenoxy) is 1. The van der Waals surface area contributed by atoms with Gasteiger partial charge in [0.2, 0.25) is 0 Å². The number of benzene rings is 2. The van der Waals surface area contributed by atoms with Crippen molar-refractivity contribution in [1.29, 1.82) is 0 Å². The van der Waals surface area contributed by atoms with E-state index in [9.17, 15) is 26.3 Å². The first-order chi connectivity index (χ1) is 15.9. The fourth-order valence-corrected chi connectivity index (χ4v) is 3.51. The van der Waals surface area contributed by atoms with Crippen LogP contribution in [0, 0.1) is 0 Å². The molecule has 34 heavy (non-hydrogen) atoms. The van der Waals surface area contributed by atoms with Gasteiger partial charge in [-0.25, -0.2) is 0 Å². The van der Waals surface area contributed by atoms with Crippen molar-refractivity contribution in [2.75, 3.05) is 0 Å². The van der Waals surface area contributed by atoms with Crippen molar-refractivity contribution in [1.82, 2.24) is 0 Å². The summed E-state index contributed by atoms with van der Waals surface area (Å²) in [5, 5.41) is 0. The molecule has 0 aliphatic rings. The van der Waals surface area contributed by atoms with Crippen LogP contribution >= 0.6 is 0 Å². The lowest BCUT2D eigenvalue weighted by Crippen LogP contribution is -2.21. The zero-order valence-electron chi connectivity index (χ0n) is 20.4. The Labute approximate surface area is 199 Å². The first-order valence-electron chi connectivity index (χ1n) is 11.9. The van der Waals surface area contributed by atoms with Gasteiger partial charge in [-0.05, 0) is 35.7 Å². The van der Waals surface area contributed by atoms with Crippen LogP contribution in [0.4, 0.5) is 26.3 Å². The number of rotatable bonds is 10. The molecule has 2 aromatic carbocycles. The second kappa shape index (κ2) is 14.4. The maximum Gasteiger partial charge on any atom is 0.416 e. The second-order valence-electron chi connectivity index (χ2n) is 8.46. The summed E-state index contributed by atoms with van der Waals surface area (Å²) in [7, 11) is 0. The Kier molecular flexibility index (Phi) is 12.7. The third-order valence-electron chi connectivity index (χ3n) is 5.54. The van der Waals surface area contributed by atoms with Gasteiger partial charge in [0.25, 0.3) is 0 Å². The lowest BCUT2D eigenvalue weighted by atomic mass is 9.92. The molecule has 2 unspecified atom stereocenters. The van der Waals surface area contributed by atoms with Gasteiger partial charge in [-0.15, -0.1) is 0 Å². The normalized spacial score (nSPS) is 13.7. The summed E-state index contributed by atoms with van der Waals surface area (Å²) in [6.45, 7) is 8.06. The van der Waals surface area contributed by atoms with Gasteiger partial charge < -0.3 is 4.74 Å². The highest BCUT2D eigenvalue weighted by molar-refractivity contribution is 5.33. The minimum absolute atomic E-state index is 0.0457. The van der Waals surface area contributed by atoms with E-state index in [1.54, 1.807) is 0 Å². The largest absolute Gasteiger partial charge is 0.416 e. The maximum atomic E-state index is 13.0. The van der Waals surface area contributed by atoms with Crippen molar-refractivity contribution >= 4 is 0 Å². The summed E-state index contributed by atoms with van der Waals surface area (Å²) in [6, 6.07) is 11.1. The predicted molar refractivity (Wildman–Crippen MR) is 125 cm³/mol. The third kappa shape index (κ3) is 10.5. The van der Waals surface area contributed by atoms with Crippen molar-refractivity contribution in [3.63, 3.8) is 0 Å². The molecular formula is C27H36F6O. The quantitative estimate of drug-likeness (QED) is 0.301. The molecule has 1 nitrogen and oxygen atoms in total. The van der Waals surface area contributed by atoms with E-state index in [0.717, 1.165) is 30.5 Å². The highest BCUT2D eigenvalue weighted by Gasteiger charge is 2.37. The standard InChI is InChI=1S/C22H24F6O.C5H12/c1-3-4-10-20(15(2)17-8-6-5-7-9-17)29-14-16-11-18(21(23,24)25)13-19(12-16)22(26,27)28;1-3-5-4-2/h5-9,11-13,15,20H,3-4,10,14H2,1-2H3;3-5H2,1-2H3. The van der Waals surface area contributed by atoms with E-state index in [1.807, 2.05) is 44.2 Å². The molecule has 0 bridgehead atoms. The number of unbranched alkanes of at least 4 members (excludes halogenated alkanes) is 3. The van der Waals surface area contributed by atoms with Crippen LogP contribution in [0.1, 0.15) is 94.4 Å². The van der Waals surface area contributed by atoms with Gasteiger partial charge >= 0.3 is 12.4 Å². The van der Waals surface area contributed by atoms with Crippen LogP contribution in [0.15, 0.2) is 48.5 Å². The summed E-state index contributed by atoms with van der Waals surface area (Å²) in [6.07, 6.45) is -3.56. The molecule has 2 aromatic rings. The van der Waals surface area contributed by atoms with Crippen LogP contribution in [0.5, 0.6) is 0 Å². The maximum absolute atomic E-state index is 13.0. The van der Waals surface area contributed by atoms with Crippen molar-refractivity contribution in [2.24, 2.45) is 0 Å². The Bertz CT molecular complexity index is 780. The molecule has 2 rings (SSSR count). The van der Waals surface area contributed by atoms with Gasteiger partial charge in [0.05, 0.1) is 23.8 Å². The molecule has 7 heteroatoms. The van der Waals surface area contributed by atoms with Crippen molar-refractivity contribution in [3.05, 3.63) is 70.8 Å². The Morgan fingerprint density at radius 3 is 1.65 bits per heavy atom. The Morgan fingerprint density at radius 2 is 1.24 bits per heavy atom. The SMILES string of the molecule is CCCCC.CCCCC(OCc1cc(C(F)(F)F)cc(C(F)(F)F)c1)C(C)c1ccccc1. The van der Waals surface area contributed by atoms with Gasteiger partial charge in [-0.1, -0.05) is 90.1 Å². The van der Waals surface area contributed by atoms with Crippen LogP contribution in [0.2, 0.25) is 0 Å². The van der Waals surface area contributed by atoms with E-state index in [-0.39, 0.29) is 30.3 Å². The lowest BCUT2D eigenvalue weighted by Gasteiger charge is -2.25.